The van der Waals surface area contributed by atoms with Gasteiger partial charge in [-0.05, 0) is 15.9 Å². The van der Waals surface area contributed by atoms with Gasteiger partial charge in [-0.3, -0.25) is 4.68 Å². The molecule has 0 unspecified atom stereocenters. The van der Waals surface area contributed by atoms with Crippen molar-refractivity contribution < 1.29 is 17.2 Å². The molecule has 0 fully saturated rings. The molecule has 0 saturated carbocycles. The quantitative estimate of drug-likeness (QED) is 0.883. The predicted molar refractivity (Wildman–Crippen MR) is 47.3 cm³/mol. The number of rotatable bonds is 3. The monoisotopic (exact) mass is 289 g/mol. The number of hydrogen-bond acceptors (Lipinski definition) is 3. The lowest BCUT2D eigenvalue weighted by atomic mass is 10.6. The van der Waals surface area contributed by atoms with Gasteiger partial charge in [0, 0.05) is 0 Å². The van der Waals surface area contributed by atoms with Crippen LogP contribution in [0.3, 0.4) is 0 Å². The number of sulfonamides is 1. The Morgan fingerprint density at radius 2 is 2.21 bits per heavy atom. The van der Waals surface area contributed by atoms with Crippen molar-refractivity contribution in [1.82, 2.24) is 9.78 Å². The Kier molecular flexibility index (Phi) is 3.22. The van der Waals surface area contributed by atoms with E-state index in [9.17, 15) is 17.2 Å². The minimum Gasteiger partial charge on any atom is -0.251 e. The largest absolute Gasteiger partial charge is 0.257 e. The fraction of sp³-hybridized carbons (Fsp3) is 0.400. The van der Waals surface area contributed by atoms with Gasteiger partial charge in [0.1, 0.15) is 16.0 Å². The second-order valence-corrected chi connectivity index (χ2v) is 4.70. The lowest BCUT2D eigenvalue weighted by molar-refractivity contribution is 0.121. The van der Waals surface area contributed by atoms with Gasteiger partial charge in [-0.25, -0.2) is 22.3 Å². The first-order valence-electron chi connectivity index (χ1n) is 3.34. The zero-order valence-electron chi connectivity index (χ0n) is 6.69. The smallest absolute Gasteiger partial charge is 0.251 e. The van der Waals surface area contributed by atoms with E-state index in [1.165, 1.54) is 0 Å². The summed E-state index contributed by atoms with van der Waals surface area (Å²) in [5.74, 6) is 0. The highest BCUT2D eigenvalue weighted by atomic mass is 79.9. The van der Waals surface area contributed by atoms with E-state index in [0.717, 1.165) is 10.9 Å². The van der Waals surface area contributed by atoms with Crippen molar-refractivity contribution in [2.24, 2.45) is 5.14 Å². The van der Waals surface area contributed by atoms with Gasteiger partial charge in [-0.2, -0.15) is 5.10 Å². The second-order valence-electron chi connectivity index (χ2n) is 2.42. The van der Waals surface area contributed by atoms with Gasteiger partial charge in [0.05, 0.1) is 6.20 Å². The zero-order valence-corrected chi connectivity index (χ0v) is 9.09. The molecule has 0 amide bonds. The van der Waals surface area contributed by atoms with Crippen LogP contribution in [0.4, 0.5) is 8.78 Å². The molecule has 0 atom stereocenters. The summed E-state index contributed by atoms with van der Waals surface area (Å²) < 4.78 is 46.4. The Bertz CT molecular complexity index is 430. The van der Waals surface area contributed by atoms with Crippen molar-refractivity contribution in [3.05, 3.63) is 10.8 Å². The van der Waals surface area contributed by atoms with Crippen molar-refractivity contribution in [1.29, 1.82) is 0 Å². The van der Waals surface area contributed by atoms with E-state index in [-0.39, 0.29) is 9.50 Å². The Hall–Kier alpha value is -0.540. The van der Waals surface area contributed by atoms with E-state index < -0.39 is 23.0 Å². The van der Waals surface area contributed by atoms with Crippen LogP contribution in [-0.4, -0.2) is 24.6 Å². The second kappa shape index (κ2) is 3.91. The first-order chi connectivity index (χ1) is 6.32. The average molecular weight is 290 g/mol. The Morgan fingerprint density at radius 1 is 1.64 bits per heavy atom. The van der Waals surface area contributed by atoms with E-state index in [1.54, 1.807) is 0 Å². The van der Waals surface area contributed by atoms with E-state index in [4.69, 9.17) is 5.14 Å². The molecule has 9 heteroatoms. The van der Waals surface area contributed by atoms with Crippen LogP contribution in [0, 0.1) is 0 Å². The third kappa shape index (κ3) is 2.49. The molecular weight excluding hydrogens is 284 g/mol. The Labute approximate surface area is 87.1 Å². The van der Waals surface area contributed by atoms with Crippen molar-refractivity contribution >= 4 is 26.0 Å². The molecule has 0 spiro atoms. The number of halogens is 3. The Balaban J connectivity index is 3.09. The predicted octanol–water partition coefficient (Wildman–Crippen LogP) is 0.558. The van der Waals surface area contributed by atoms with Crippen LogP contribution >= 0.6 is 15.9 Å². The SMILES string of the molecule is NS(=O)(=O)c1cnn(CC(F)F)c1Br. The molecule has 1 heterocycles. The first kappa shape index (κ1) is 11.5. The van der Waals surface area contributed by atoms with E-state index in [0.29, 0.717) is 0 Å². The van der Waals surface area contributed by atoms with Gasteiger partial charge in [0.25, 0.3) is 6.43 Å². The third-order valence-electron chi connectivity index (χ3n) is 1.36. The van der Waals surface area contributed by atoms with Gasteiger partial charge in [-0.15, -0.1) is 0 Å². The fourth-order valence-corrected chi connectivity index (χ4v) is 2.35. The summed E-state index contributed by atoms with van der Waals surface area (Å²) in [7, 11) is -3.92. The van der Waals surface area contributed by atoms with Gasteiger partial charge in [0.2, 0.25) is 10.0 Å². The third-order valence-corrected chi connectivity index (χ3v) is 3.37. The van der Waals surface area contributed by atoms with Crippen molar-refractivity contribution in [3.8, 4) is 0 Å². The summed E-state index contributed by atoms with van der Waals surface area (Å²) in [5, 5.41) is 8.26. The van der Waals surface area contributed by atoms with E-state index >= 15 is 0 Å². The van der Waals surface area contributed by atoms with Crippen molar-refractivity contribution in [2.45, 2.75) is 17.9 Å². The van der Waals surface area contributed by atoms with Gasteiger partial charge < -0.3 is 0 Å². The minimum absolute atomic E-state index is 0.0692. The van der Waals surface area contributed by atoms with Crippen LogP contribution in [0.25, 0.3) is 0 Å². The summed E-state index contributed by atoms with van der Waals surface area (Å²) >= 11 is 2.82. The van der Waals surface area contributed by atoms with Crippen LogP contribution in [-0.2, 0) is 16.6 Å². The van der Waals surface area contributed by atoms with Crippen LogP contribution < -0.4 is 5.14 Å². The maximum atomic E-state index is 11.9. The highest BCUT2D eigenvalue weighted by Crippen LogP contribution is 2.20. The summed E-state index contributed by atoms with van der Waals surface area (Å²) in [6, 6.07) is 0. The number of hydrogen-bond donors (Lipinski definition) is 1. The van der Waals surface area contributed by atoms with Crippen LogP contribution in [0.15, 0.2) is 15.7 Å². The number of alkyl halides is 2. The molecule has 0 aliphatic carbocycles. The molecule has 1 aromatic rings. The molecule has 0 radical (unpaired) electrons. The maximum Gasteiger partial charge on any atom is 0.257 e. The van der Waals surface area contributed by atoms with Gasteiger partial charge in [0.15, 0.2) is 0 Å². The van der Waals surface area contributed by atoms with Gasteiger partial charge >= 0.3 is 0 Å². The van der Waals surface area contributed by atoms with Crippen LogP contribution in [0.1, 0.15) is 0 Å². The summed E-state index contributed by atoms with van der Waals surface area (Å²) in [5.41, 5.74) is 0. The lowest BCUT2D eigenvalue weighted by Gasteiger charge is -2.01. The summed E-state index contributed by atoms with van der Waals surface area (Å²) in [4.78, 5) is -0.307. The minimum atomic E-state index is -3.92. The molecular formula is C5H6BrF2N3O2S. The Morgan fingerprint density at radius 3 is 2.57 bits per heavy atom. The summed E-state index contributed by atoms with van der Waals surface area (Å²) in [6.07, 6.45) is -1.69. The number of aromatic nitrogens is 2. The van der Waals surface area contributed by atoms with Crippen molar-refractivity contribution in [3.63, 3.8) is 0 Å². The maximum absolute atomic E-state index is 11.9. The molecule has 0 saturated heterocycles. The van der Waals surface area contributed by atoms with E-state index in [1.807, 2.05) is 0 Å². The highest BCUT2D eigenvalue weighted by Gasteiger charge is 2.19. The zero-order chi connectivity index (χ0) is 10.9. The molecule has 0 aliphatic heterocycles. The number of primary sulfonamides is 1. The van der Waals surface area contributed by atoms with Crippen LogP contribution in [0.5, 0.6) is 0 Å². The standard InChI is InChI=1S/C5H6BrF2N3O2S/c6-5-3(14(9,12)13)1-10-11(5)2-4(7)8/h1,4H,2H2,(H2,9,12,13). The number of nitrogens with two attached hydrogens (primary N) is 1. The molecule has 5 nitrogen and oxygen atoms in total. The first-order valence-corrected chi connectivity index (χ1v) is 5.68. The summed E-state index contributed by atoms with van der Waals surface area (Å²) in [6.45, 7) is -0.684. The average Bonchev–Trinajstić information content (AvgIpc) is 2.30. The lowest BCUT2D eigenvalue weighted by Crippen LogP contribution is -2.13. The number of nitrogens with zero attached hydrogens (tertiary/aromatic N) is 2. The molecule has 2 N–H and O–H groups in total. The molecule has 0 aromatic carbocycles. The molecule has 1 aromatic heterocycles. The molecule has 14 heavy (non-hydrogen) atoms. The fourth-order valence-electron chi connectivity index (χ4n) is 0.802. The molecule has 1 rings (SSSR count). The van der Waals surface area contributed by atoms with Crippen LogP contribution in [0.2, 0.25) is 0 Å². The molecule has 0 aliphatic rings. The normalized spacial score (nSPS) is 12.4. The topological polar surface area (TPSA) is 78.0 Å². The molecule has 0 bridgehead atoms. The van der Waals surface area contributed by atoms with Gasteiger partial charge in [-0.1, -0.05) is 0 Å². The van der Waals surface area contributed by atoms with E-state index in [2.05, 4.69) is 21.0 Å². The highest BCUT2D eigenvalue weighted by molar-refractivity contribution is 9.10. The van der Waals surface area contributed by atoms with Crippen molar-refractivity contribution in [2.75, 3.05) is 0 Å². The molecule has 80 valence electrons.